The van der Waals surface area contributed by atoms with Gasteiger partial charge in [-0.25, -0.2) is 17.7 Å². The molecule has 1 saturated heterocycles. The summed E-state index contributed by atoms with van der Waals surface area (Å²) >= 11 is 0. The van der Waals surface area contributed by atoms with Gasteiger partial charge >= 0.3 is 0 Å². The van der Waals surface area contributed by atoms with Gasteiger partial charge in [0.05, 0.1) is 0 Å². The molecule has 0 aliphatic carbocycles. The Kier molecular flexibility index (Phi) is 5.18. The molecule has 0 bridgehead atoms. The zero-order chi connectivity index (χ0) is 15.5. The highest BCUT2D eigenvalue weighted by molar-refractivity contribution is 7.89. The first-order valence-electron chi connectivity index (χ1n) is 7.28. The van der Waals surface area contributed by atoms with Crippen LogP contribution in [-0.4, -0.2) is 62.4 Å². The first-order chi connectivity index (χ1) is 9.91. The third-order valence-corrected chi connectivity index (χ3v) is 5.66. The normalized spacial score (nSPS) is 18.1. The Balaban J connectivity index is 1.93. The summed E-state index contributed by atoms with van der Waals surface area (Å²) in [6.45, 7) is 5.34. The van der Waals surface area contributed by atoms with Crippen molar-refractivity contribution < 1.29 is 8.42 Å². The predicted octanol–water partition coefficient (Wildman–Crippen LogP) is 1.23. The molecule has 118 valence electrons. The van der Waals surface area contributed by atoms with Crippen molar-refractivity contribution >= 4 is 15.8 Å². The Morgan fingerprint density at radius 2 is 2.00 bits per heavy atom. The van der Waals surface area contributed by atoms with E-state index < -0.39 is 10.0 Å². The maximum absolute atomic E-state index is 11.9. The average molecular weight is 312 g/mol. The number of hydrogen-bond acceptors (Lipinski definition) is 5. The highest BCUT2D eigenvalue weighted by Gasteiger charge is 2.19. The lowest BCUT2D eigenvalue weighted by molar-refractivity contribution is 0.269. The molecule has 7 heteroatoms. The van der Waals surface area contributed by atoms with Gasteiger partial charge in [0.25, 0.3) is 0 Å². The van der Waals surface area contributed by atoms with Crippen molar-refractivity contribution in [2.75, 3.05) is 39.0 Å². The van der Waals surface area contributed by atoms with Crippen LogP contribution in [0.15, 0.2) is 23.2 Å². The smallest absolute Gasteiger partial charge is 0.244 e. The molecule has 1 aromatic heterocycles. The first-order valence-corrected chi connectivity index (χ1v) is 8.72. The van der Waals surface area contributed by atoms with Crippen LogP contribution in [-0.2, 0) is 10.0 Å². The molecule has 0 aromatic carbocycles. The topological polar surface area (TPSA) is 65.5 Å². The number of pyridine rings is 1. The quantitative estimate of drug-likeness (QED) is 0.856. The van der Waals surface area contributed by atoms with Gasteiger partial charge in [-0.15, -0.1) is 0 Å². The summed E-state index contributed by atoms with van der Waals surface area (Å²) < 4.78 is 25.1. The molecule has 2 heterocycles. The summed E-state index contributed by atoms with van der Waals surface area (Å²) in [7, 11) is -0.377. The molecular weight excluding hydrogens is 288 g/mol. The van der Waals surface area contributed by atoms with E-state index in [0.29, 0.717) is 11.9 Å². The molecule has 1 unspecified atom stereocenters. The molecule has 1 N–H and O–H groups in total. The van der Waals surface area contributed by atoms with Gasteiger partial charge in [-0.1, -0.05) is 0 Å². The number of nitrogens with one attached hydrogen (secondary N) is 1. The van der Waals surface area contributed by atoms with Gasteiger partial charge in [-0.05, 0) is 45.0 Å². The third kappa shape index (κ3) is 3.93. The van der Waals surface area contributed by atoms with Crippen LogP contribution in [0.5, 0.6) is 0 Å². The lowest BCUT2D eigenvalue weighted by Crippen LogP contribution is -2.35. The number of rotatable bonds is 6. The summed E-state index contributed by atoms with van der Waals surface area (Å²) in [6, 6.07) is 3.76. The minimum atomic E-state index is -3.40. The van der Waals surface area contributed by atoms with E-state index in [1.54, 1.807) is 12.1 Å². The number of aromatic nitrogens is 1. The lowest BCUT2D eigenvalue weighted by atomic mass is 10.3. The number of likely N-dealkylation sites (tertiary alicyclic amines) is 1. The van der Waals surface area contributed by atoms with Crippen molar-refractivity contribution in [1.29, 1.82) is 0 Å². The van der Waals surface area contributed by atoms with E-state index in [2.05, 4.69) is 22.1 Å². The average Bonchev–Trinajstić information content (AvgIpc) is 2.99. The van der Waals surface area contributed by atoms with Crippen LogP contribution < -0.4 is 5.32 Å². The van der Waals surface area contributed by atoms with Gasteiger partial charge < -0.3 is 5.32 Å². The molecule has 0 amide bonds. The van der Waals surface area contributed by atoms with Gasteiger partial charge in [-0.3, -0.25) is 4.90 Å². The molecule has 21 heavy (non-hydrogen) atoms. The molecule has 1 aliphatic heterocycles. The van der Waals surface area contributed by atoms with Gasteiger partial charge in [0.1, 0.15) is 10.7 Å². The molecule has 1 atom stereocenters. The number of nitrogens with zero attached hydrogens (tertiary/aromatic N) is 3. The van der Waals surface area contributed by atoms with E-state index in [1.807, 2.05) is 0 Å². The van der Waals surface area contributed by atoms with Crippen molar-refractivity contribution in [3.8, 4) is 0 Å². The molecule has 0 radical (unpaired) electrons. The second-order valence-corrected chi connectivity index (χ2v) is 7.79. The number of anilines is 1. The Morgan fingerprint density at radius 1 is 1.33 bits per heavy atom. The second-order valence-electron chi connectivity index (χ2n) is 5.64. The first kappa shape index (κ1) is 16.2. The SMILES string of the molecule is CC(CNc1ccc(S(=O)(=O)N(C)C)cn1)N1CCCC1. The van der Waals surface area contributed by atoms with Crippen LogP contribution in [0.3, 0.4) is 0 Å². The predicted molar refractivity (Wildman–Crippen MR) is 83.9 cm³/mol. The van der Waals surface area contributed by atoms with Gasteiger partial charge in [0, 0.05) is 32.9 Å². The fourth-order valence-corrected chi connectivity index (χ4v) is 3.26. The molecule has 1 aromatic rings. The van der Waals surface area contributed by atoms with Crippen LogP contribution >= 0.6 is 0 Å². The minimum Gasteiger partial charge on any atom is -0.369 e. The third-order valence-electron chi connectivity index (χ3n) is 3.86. The van der Waals surface area contributed by atoms with Gasteiger partial charge in [0.15, 0.2) is 0 Å². The van der Waals surface area contributed by atoms with Crippen molar-refractivity contribution in [1.82, 2.24) is 14.2 Å². The Labute approximate surface area is 127 Å². The monoisotopic (exact) mass is 312 g/mol. The summed E-state index contributed by atoms with van der Waals surface area (Å²) in [5.41, 5.74) is 0. The van der Waals surface area contributed by atoms with E-state index in [1.165, 1.54) is 37.4 Å². The number of sulfonamides is 1. The molecule has 0 spiro atoms. The largest absolute Gasteiger partial charge is 0.369 e. The Hall–Kier alpha value is -1.18. The molecule has 1 fully saturated rings. The second kappa shape index (κ2) is 6.72. The highest BCUT2D eigenvalue weighted by Crippen LogP contribution is 2.15. The van der Waals surface area contributed by atoms with Crippen LogP contribution in [0.1, 0.15) is 19.8 Å². The summed E-state index contributed by atoms with van der Waals surface area (Å²) in [5, 5.41) is 3.27. The van der Waals surface area contributed by atoms with Crippen molar-refractivity contribution in [3.63, 3.8) is 0 Å². The minimum absolute atomic E-state index is 0.214. The molecular formula is C14H24N4O2S. The molecule has 0 saturated carbocycles. The van der Waals surface area contributed by atoms with Crippen molar-refractivity contribution in [2.45, 2.75) is 30.7 Å². The van der Waals surface area contributed by atoms with Crippen LogP contribution in [0, 0.1) is 0 Å². The van der Waals surface area contributed by atoms with Gasteiger partial charge in [0.2, 0.25) is 10.0 Å². The standard InChI is InChI=1S/C14H24N4O2S/c1-12(18-8-4-5-9-18)10-15-14-7-6-13(11-16-14)21(19,20)17(2)3/h6-7,11-12H,4-5,8-10H2,1-3H3,(H,15,16). The molecule has 1 aliphatic rings. The maximum Gasteiger partial charge on any atom is 0.244 e. The van der Waals surface area contributed by atoms with Gasteiger partial charge in [-0.2, -0.15) is 0 Å². The van der Waals surface area contributed by atoms with E-state index in [0.717, 1.165) is 19.6 Å². The van der Waals surface area contributed by atoms with Crippen LogP contribution in [0.2, 0.25) is 0 Å². The number of hydrogen-bond donors (Lipinski definition) is 1. The lowest BCUT2D eigenvalue weighted by Gasteiger charge is -2.24. The fourth-order valence-electron chi connectivity index (χ4n) is 2.41. The fraction of sp³-hybridized carbons (Fsp3) is 0.643. The Bertz CT molecular complexity index is 551. The zero-order valence-corrected chi connectivity index (χ0v) is 13.7. The highest BCUT2D eigenvalue weighted by atomic mass is 32.2. The van der Waals surface area contributed by atoms with E-state index >= 15 is 0 Å². The van der Waals surface area contributed by atoms with E-state index in [4.69, 9.17) is 0 Å². The molecule has 2 rings (SSSR count). The van der Waals surface area contributed by atoms with Crippen LogP contribution in [0.25, 0.3) is 0 Å². The molecule has 6 nitrogen and oxygen atoms in total. The zero-order valence-electron chi connectivity index (χ0n) is 12.9. The van der Waals surface area contributed by atoms with Crippen LogP contribution in [0.4, 0.5) is 5.82 Å². The van der Waals surface area contributed by atoms with E-state index in [-0.39, 0.29) is 4.90 Å². The van der Waals surface area contributed by atoms with Crippen molar-refractivity contribution in [2.24, 2.45) is 0 Å². The summed E-state index contributed by atoms with van der Waals surface area (Å²) in [6.07, 6.45) is 3.96. The summed E-state index contributed by atoms with van der Waals surface area (Å²) in [4.78, 5) is 6.86. The summed E-state index contributed by atoms with van der Waals surface area (Å²) in [5.74, 6) is 0.707. The Morgan fingerprint density at radius 3 is 2.52 bits per heavy atom. The van der Waals surface area contributed by atoms with Crippen molar-refractivity contribution in [3.05, 3.63) is 18.3 Å². The maximum atomic E-state index is 11.9. The van der Waals surface area contributed by atoms with E-state index in [9.17, 15) is 8.42 Å².